The van der Waals surface area contributed by atoms with Crippen LogP contribution in [0.15, 0.2) is 79.0 Å². The van der Waals surface area contributed by atoms with Crippen molar-refractivity contribution in [3.05, 3.63) is 90.3 Å². The van der Waals surface area contributed by atoms with Crippen LogP contribution in [0, 0.1) is 0 Å². The second-order valence-corrected chi connectivity index (χ2v) is 6.79. The molecule has 0 aliphatic carbocycles. The monoisotopic (exact) mass is 415 g/mol. The van der Waals surface area contributed by atoms with Crippen LogP contribution in [-0.2, 0) is 5.41 Å². The summed E-state index contributed by atoms with van der Waals surface area (Å²) in [5.41, 5.74) is 1.54. The minimum atomic E-state index is -4.76. The van der Waals surface area contributed by atoms with Crippen molar-refractivity contribution in [2.45, 2.75) is 18.7 Å². The van der Waals surface area contributed by atoms with E-state index in [4.69, 9.17) is 0 Å². The molecular formula is C22H20F3N3O2. The van der Waals surface area contributed by atoms with E-state index in [9.17, 15) is 18.0 Å². The molecule has 3 aromatic rings. The van der Waals surface area contributed by atoms with Crippen molar-refractivity contribution in [1.82, 2.24) is 10.3 Å². The number of carbonyl (C=O) groups is 1. The third-order valence-electron chi connectivity index (χ3n) is 4.59. The zero-order valence-electron chi connectivity index (χ0n) is 16.1. The van der Waals surface area contributed by atoms with E-state index >= 15 is 0 Å². The molecule has 1 heterocycles. The third kappa shape index (κ3) is 5.50. The first-order valence-corrected chi connectivity index (χ1v) is 9.14. The van der Waals surface area contributed by atoms with Crippen LogP contribution >= 0.6 is 0 Å². The summed E-state index contributed by atoms with van der Waals surface area (Å²) in [5.74, 6) is -0.361. The summed E-state index contributed by atoms with van der Waals surface area (Å²) in [4.78, 5) is 16.8. The van der Waals surface area contributed by atoms with Gasteiger partial charge in [-0.15, -0.1) is 13.2 Å². The molecule has 0 fully saturated rings. The predicted molar refractivity (Wildman–Crippen MR) is 107 cm³/mol. The van der Waals surface area contributed by atoms with Crippen LogP contribution in [0.3, 0.4) is 0 Å². The minimum Gasteiger partial charge on any atom is -0.406 e. The highest BCUT2D eigenvalue weighted by atomic mass is 19.4. The summed E-state index contributed by atoms with van der Waals surface area (Å²) in [5, 5.41) is 5.42. The predicted octanol–water partition coefficient (Wildman–Crippen LogP) is 5.11. The number of pyridine rings is 1. The lowest BCUT2D eigenvalue weighted by Gasteiger charge is -2.30. The van der Waals surface area contributed by atoms with Crippen molar-refractivity contribution in [1.29, 1.82) is 0 Å². The highest BCUT2D eigenvalue weighted by molar-refractivity contribution is 5.89. The van der Waals surface area contributed by atoms with Gasteiger partial charge in [0.15, 0.2) is 0 Å². The Kier molecular flexibility index (Phi) is 6.25. The fourth-order valence-electron chi connectivity index (χ4n) is 3.01. The number of amides is 2. The fourth-order valence-corrected chi connectivity index (χ4v) is 3.01. The Bertz CT molecular complexity index is 923. The largest absolute Gasteiger partial charge is 0.573 e. The molecule has 0 bridgehead atoms. The van der Waals surface area contributed by atoms with Gasteiger partial charge in [-0.3, -0.25) is 4.98 Å². The normalized spacial score (nSPS) is 13.2. The number of anilines is 1. The van der Waals surface area contributed by atoms with Gasteiger partial charge in [0.25, 0.3) is 0 Å². The first-order chi connectivity index (χ1) is 14.3. The van der Waals surface area contributed by atoms with Gasteiger partial charge >= 0.3 is 12.4 Å². The molecule has 30 heavy (non-hydrogen) atoms. The number of nitrogens with zero attached hydrogens (tertiary/aromatic N) is 1. The molecular weight excluding hydrogens is 395 g/mol. The van der Waals surface area contributed by atoms with E-state index in [0.29, 0.717) is 5.69 Å². The van der Waals surface area contributed by atoms with Crippen LogP contribution in [-0.4, -0.2) is 23.9 Å². The Morgan fingerprint density at radius 2 is 1.63 bits per heavy atom. The minimum absolute atomic E-state index is 0.259. The first-order valence-electron chi connectivity index (χ1n) is 9.14. The van der Waals surface area contributed by atoms with E-state index in [2.05, 4.69) is 20.4 Å². The quantitative estimate of drug-likeness (QED) is 0.588. The molecule has 0 aliphatic heterocycles. The Balaban J connectivity index is 1.68. The molecule has 0 saturated heterocycles. The van der Waals surface area contributed by atoms with Gasteiger partial charge in [-0.1, -0.05) is 36.4 Å². The van der Waals surface area contributed by atoms with Crippen molar-refractivity contribution in [2.75, 3.05) is 11.9 Å². The molecule has 5 nitrogen and oxygen atoms in total. The molecule has 3 rings (SSSR count). The summed E-state index contributed by atoms with van der Waals surface area (Å²) in [6.07, 6.45) is -3.07. The molecule has 1 aromatic heterocycles. The second kappa shape index (κ2) is 8.86. The molecule has 2 amide bonds. The van der Waals surface area contributed by atoms with Crippen LogP contribution in [0.2, 0.25) is 0 Å². The molecule has 1 atom stereocenters. The maximum Gasteiger partial charge on any atom is 0.573 e. The van der Waals surface area contributed by atoms with Crippen molar-refractivity contribution in [3.8, 4) is 5.75 Å². The molecule has 2 N–H and O–H groups in total. The number of urea groups is 1. The van der Waals surface area contributed by atoms with Gasteiger partial charge in [0.05, 0.1) is 11.1 Å². The Morgan fingerprint density at radius 1 is 0.967 bits per heavy atom. The van der Waals surface area contributed by atoms with Gasteiger partial charge in [0, 0.05) is 18.4 Å². The smallest absolute Gasteiger partial charge is 0.406 e. The van der Waals surface area contributed by atoms with E-state index in [1.54, 1.807) is 6.20 Å². The molecule has 8 heteroatoms. The number of hydrogen-bond donors (Lipinski definition) is 2. The number of nitrogens with one attached hydrogen (secondary N) is 2. The summed E-state index contributed by atoms with van der Waals surface area (Å²) >= 11 is 0. The van der Waals surface area contributed by atoms with Crippen LogP contribution in [0.25, 0.3) is 0 Å². The molecule has 2 aromatic carbocycles. The number of ether oxygens (including phenoxy) is 1. The average molecular weight is 415 g/mol. The average Bonchev–Trinajstić information content (AvgIpc) is 2.74. The lowest BCUT2D eigenvalue weighted by Crippen LogP contribution is -2.41. The summed E-state index contributed by atoms with van der Waals surface area (Å²) < 4.78 is 40.5. The lowest BCUT2D eigenvalue weighted by atomic mass is 9.79. The SMILES string of the molecule is CC(CNC(=O)Nc1ccc(OC(F)(F)F)cc1)(c1ccccc1)c1ccccn1. The van der Waals surface area contributed by atoms with Gasteiger partial charge in [-0.2, -0.15) is 0 Å². The van der Waals surface area contributed by atoms with Gasteiger partial charge in [0.1, 0.15) is 5.75 Å². The Morgan fingerprint density at radius 3 is 2.23 bits per heavy atom. The van der Waals surface area contributed by atoms with Crippen LogP contribution in [0.1, 0.15) is 18.2 Å². The number of hydrogen-bond acceptors (Lipinski definition) is 3. The summed E-state index contributed by atoms with van der Waals surface area (Å²) in [6, 6.07) is 19.7. The molecule has 0 saturated carbocycles. The number of rotatable bonds is 6. The van der Waals surface area contributed by atoms with Crippen LogP contribution in [0.4, 0.5) is 23.7 Å². The zero-order chi connectivity index (χ0) is 21.6. The maximum atomic E-state index is 12.4. The highest BCUT2D eigenvalue weighted by Crippen LogP contribution is 2.30. The van der Waals surface area contributed by atoms with Crippen LogP contribution < -0.4 is 15.4 Å². The van der Waals surface area contributed by atoms with E-state index in [1.165, 1.54) is 12.1 Å². The lowest BCUT2D eigenvalue weighted by molar-refractivity contribution is -0.274. The van der Waals surface area contributed by atoms with E-state index in [1.807, 2.05) is 55.5 Å². The van der Waals surface area contributed by atoms with Gasteiger partial charge in [-0.25, -0.2) is 4.79 Å². The van der Waals surface area contributed by atoms with E-state index in [0.717, 1.165) is 23.4 Å². The number of aromatic nitrogens is 1. The highest BCUT2D eigenvalue weighted by Gasteiger charge is 2.32. The molecule has 0 radical (unpaired) electrons. The van der Waals surface area contributed by atoms with Crippen LogP contribution in [0.5, 0.6) is 5.75 Å². The molecule has 156 valence electrons. The maximum absolute atomic E-state index is 12.4. The van der Waals surface area contributed by atoms with Gasteiger partial charge in [-0.05, 0) is 48.9 Å². The molecule has 0 aliphatic rings. The summed E-state index contributed by atoms with van der Waals surface area (Å²) in [7, 11) is 0. The van der Waals surface area contributed by atoms with E-state index < -0.39 is 17.8 Å². The van der Waals surface area contributed by atoms with Crippen molar-refractivity contribution < 1.29 is 22.7 Å². The second-order valence-electron chi connectivity index (χ2n) is 6.79. The van der Waals surface area contributed by atoms with Crippen molar-refractivity contribution in [2.24, 2.45) is 0 Å². The Labute approximate surface area is 171 Å². The zero-order valence-corrected chi connectivity index (χ0v) is 16.1. The topological polar surface area (TPSA) is 63.2 Å². The van der Waals surface area contributed by atoms with E-state index in [-0.39, 0.29) is 12.3 Å². The van der Waals surface area contributed by atoms with Gasteiger partial charge < -0.3 is 15.4 Å². The number of halogens is 3. The molecule has 1 unspecified atom stereocenters. The molecule has 0 spiro atoms. The van der Waals surface area contributed by atoms with Crippen molar-refractivity contribution >= 4 is 11.7 Å². The van der Waals surface area contributed by atoms with Crippen molar-refractivity contribution in [3.63, 3.8) is 0 Å². The Hall–Kier alpha value is -3.55. The van der Waals surface area contributed by atoms with Gasteiger partial charge in [0.2, 0.25) is 0 Å². The first kappa shape index (κ1) is 21.2. The fraction of sp³-hybridized carbons (Fsp3) is 0.182. The number of carbonyl (C=O) groups excluding carboxylic acids is 1. The summed E-state index contributed by atoms with van der Waals surface area (Å²) in [6.45, 7) is 2.24. The number of benzene rings is 2. The third-order valence-corrected chi connectivity index (χ3v) is 4.59. The number of alkyl halides is 3. The standard InChI is InChI=1S/C22H20F3N3O2/c1-21(16-7-3-2-4-8-16,19-9-5-6-14-26-19)15-27-20(29)28-17-10-12-18(13-11-17)30-22(23,24)25/h2-14H,15H2,1H3,(H2,27,28,29).